The number of hydrogen-bond acceptors (Lipinski definition) is 2. The minimum Gasteiger partial charge on any atom is -0.309 e. The topological polar surface area (TPSA) is 52.0 Å². The van der Waals surface area contributed by atoms with E-state index < -0.39 is 5.66 Å². The van der Waals surface area contributed by atoms with Gasteiger partial charge in [-0.3, -0.25) is 0 Å². The van der Waals surface area contributed by atoms with Crippen LogP contribution in [0.4, 0.5) is 0 Å². The van der Waals surface area contributed by atoms with E-state index in [4.69, 9.17) is 11.5 Å². The van der Waals surface area contributed by atoms with Crippen molar-refractivity contribution < 1.29 is 0 Å². The summed E-state index contributed by atoms with van der Waals surface area (Å²) in [5.74, 6) is 0. The average Bonchev–Trinajstić information content (AvgIpc) is 2.39. The summed E-state index contributed by atoms with van der Waals surface area (Å²) in [5.41, 5.74) is 14.5. The van der Waals surface area contributed by atoms with Crippen LogP contribution in [0.15, 0.2) is 54.1 Å². The summed E-state index contributed by atoms with van der Waals surface area (Å²) in [4.78, 5) is 0. The zero-order valence-corrected chi connectivity index (χ0v) is 15.5. The summed E-state index contributed by atoms with van der Waals surface area (Å²) < 4.78 is 0. The molecule has 2 nitrogen and oxygen atoms in total. The van der Waals surface area contributed by atoms with Gasteiger partial charge in [-0.25, -0.2) is 0 Å². The standard InChI is InChI=1S/C21H32N2/c1-18(2,3)20(19(4,5)6)15-17(12-13-21(20,22)23)14-16-10-8-7-9-11-16/h7-13,15H,14,22-23H2,1-6H3. The summed E-state index contributed by atoms with van der Waals surface area (Å²) in [6.45, 7) is 13.4. The van der Waals surface area contributed by atoms with Crippen molar-refractivity contribution >= 4 is 0 Å². The molecule has 23 heavy (non-hydrogen) atoms. The molecule has 0 spiro atoms. The molecule has 0 aliphatic heterocycles. The molecule has 2 rings (SSSR count). The average molecular weight is 313 g/mol. The van der Waals surface area contributed by atoms with Crippen molar-refractivity contribution in [3.05, 3.63) is 59.7 Å². The molecule has 0 fully saturated rings. The monoisotopic (exact) mass is 312 g/mol. The number of hydrogen-bond donors (Lipinski definition) is 2. The summed E-state index contributed by atoms with van der Waals surface area (Å²) in [7, 11) is 0. The molecule has 1 aromatic carbocycles. The fraction of sp³-hybridized carbons (Fsp3) is 0.524. The van der Waals surface area contributed by atoms with Crippen LogP contribution in [0.1, 0.15) is 47.1 Å². The Kier molecular flexibility index (Phi) is 4.38. The van der Waals surface area contributed by atoms with Crippen molar-refractivity contribution in [3.63, 3.8) is 0 Å². The lowest BCUT2D eigenvalue weighted by Gasteiger charge is -2.60. The van der Waals surface area contributed by atoms with Gasteiger partial charge in [0, 0.05) is 5.41 Å². The van der Waals surface area contributed by atoms with Gasteiger partial charge in [-0.15, -0.1) is 0 Å². The predicted octanol–water partition coefficient (Wildman–Crippen LogP) is 4.42. The molecule has 0 amide bonds. The van der Waals surface area contributed by atoms with Crippen molar-refractivity contribution in [2.75, 3.05) is 0 Å². The largest absolute Gasteiger partial charge is 0.309 e. The van der Waals surface area contributed by atoms with E-state index in [2.05, 4.69) is 78.0 Å². The Balaban J connectivity index is 2.56. The maximum Gasteiger partial charge on any atom is 0.0935 e. The molecule has 0 radical (unpaired) electrons. The van der Waals surface area contributed by atoms with Gasteiger partial charge < -0.3 is 11.5 Å². The highest BCUT2D eigenvalue weighted by atomic mass is 15.0. The minimum absolute atomic E-state index is 0.0680. The van der Waals surface area contributed by atoms with Gasteiger partial charge in [0.05, 0.1) is 5.66 Å². The predicted molar refractivity (Wildman–Crippen MR) is 99.8 cm³/mol. The minimum atomic E-state index is -0.871. The van der Waals surface area contributed by atoms with Crippen LogP contribution in [0.25, 0.3) is 0 Å². The zero-order valence-electron chi connectivity index (χ0n) is 15.5. The first-order valence-electron chi connectivity index (χ1n) is 8.43. The van der Waals surface area contributed by atoms with Gasteiger partial charge in [0.2, 0.25) is 0 Å². The molecular formula is C21H32N2. The second kappa shape index (κ2) is 5.61. The summed E-state index contributed by atoms with van der Waals surface area (Å²) in [6.07, 6.45) is 7.35. The molecule has 1 aliphatic carbocycles. The van der Waals surface area contributed by atoms with Crippen LogP contribution >= 0.6 is 0 Å². The van der Waals surface area contributed by atoms with Gasteiger partial charge in [0.15, 0.2) is 0 Å². The molecule has 0 aromatic heterocycles. The van der Waals surface area contributed by atoms with Crippen molar-refractivity contribution in [1.29, 1.82) is 0 Å². The molecule has 2 heteroatoms. The molecule has 0 heterocycles. The van der Waals surface area contributed by atoms with E-state index in [0.29, 0.717) is 0 Å². The summed E-state index contributed by atoms with van der Waals surface area (Å²) >= 11 is 0. The van der Waals surface area contributed by atoms with Crippen molar-refractivity contribution in [2.45, 2.75) is 53.6 Å². The molecule has 0 saturated heterocycles. The Bertz CT molecular complexity index is 593. The van der Waals surface area contributed by atoms with E-state index in [1.54, 1.807) is 0 Å². The van der Waals surface area contributed by atoms with Gasteiger partial charge >= 0.3 is 0 Å². The lowest BCUT2D eigenvalue weighted by Crippen LogP contribution is -2.70. The van der Waals surface area contributed by atoms with Crippen LogP contribution < -0.4 is 11.5 Å². The van der Waals surface area contributed by atoms with Crippen LogP contribution in [0.2, 0.25) is 0 Å². The van der Waals surface area contributed by atoms with Crippen LogP contribution in [0.3, 0.4) is 0 Å². The van der Waals surface area contributed by atoms with Crippen LogP contribution in [-0.4, -0.2) is 5.66 Å². The van der Waals surface area contributed by atoms with Gasteiger partial charge in [-0.05, 0) is 34.5 Å². The van der Waals surface area contributed by atoms with Crippen LogP contribution in [0, 0.1) is 16.2 Å². The zero-order chi connectivity index (χ0) is 17.5. The lowest BCUT2D eigenvalue weighted by atomic mass is 9.47. The molecule has 0 unspecified atom stereocenters. The van der Waals surface area contributed by atoms with Crippen LogP contribution in [0.5, 0.6) is 0 Å². The number of nitrogens with two attached hydrogens (primary N) is 2. The molecular weight excluding hydrogens is 280 g/mol. The highest BCUT2D eigenvalue weighted by molar-refractivity contribution is 5.40. The molecule has 0 atom stereocenters. The van der Waals surface area contributed by atoms with Crippen LogP contribution in [-0.2, 0) is 6.42 Å². The van der Waals surface area contributed by atoms with Crippen molar-refractivity contribution in [3.8, 4) is 0 Å². The molecule has 4 N–H and O–H groups in total. The summed E-state index contributed by atoms with van der Waals surface area (Å²) in [5, 5.41) is 0. The number of allylic oxidation sites excluding steroid dienone is 2. The van der Waals surface area contributed by atoms with E-state index >= 15 is 0 Å². The Morgan fingerprint density at radius 1 is 0.870 bits per heavy atom. The van der Waals surface area contributed by atoms with Gasteiger partial charge in [0.25, 0.3) is 0 Å². The van der Waals surface area contributed by atoms with Crippen molar-refractivity contribution in [2.24, 2.45) is 27.7 Å². The Morgan fingerprint density at radius 2 is 1.39 bits per heavy atom. The van der Waals surface area contributed by atoms with E-state index in [1.165, 1.54) is 11.1 Å². The lowest BCUT2D eigenvalue weighted by molar-refractivity contribution is -0.0373. The SMILES string of the molecule is CC(C)(C)C1(C(C)(C)C)C=C(Cc2ccccc2)C=CC1(N)N. The third-order valence-corrected chi connectivity index (χ3v) is 5.28. The quantitative estimate of drug-likeness (QED) is 0.794. The number of benzene rings is 1. The van der Waals surface area contributed by atoms with E-state index in [0.717, 1.165) is 6.42 Å². The molecule has 126 valence electrons. The fourth-order valence-electron chi connectivity index (χ4n) is 4.63. The Morgan fingerprint density at radius 3 is 1.87 bits per heavy atom. The second-order valence-corrected chi connectivity index (χ2v) is 8.96. The van der Waals surface area contributed by atoms with Gasteiger partial charge in [-0.2, -0.15) is 0 Å². The Hall–Kier alpha value is -1.38. The first-order chi connectivity index (χ1) is 10.4. The van der Waals surface area contributed by atoms with Crippen molar-refractivity contribution in [1.82, 2.24) is 0 Å². The first-order valence-corrected chi connectivity index (χ1v) is 8.43. The van der Waals surface area contributed by atoms with E-state index in [9.17, 15) is 0 Å². The maximum atomic E-state index is 6.63. The third kappa shape index (κ3) is 3.02. The normalized spacial score (nSPS) is 20.3. The second-order valence-electron chi connectivity index (χ2n) is 8.96. The third-order valence-electron chi connectivity index (χ3n) is 5.28. The van der Waals surface area contributed by atoms with Gasteiger partial charge in [0.1, 0.15) is 0 Å². The fourth-order valence-corrected chi connectivity index (χ4v) is 4.63. The number of rotatable bonds is 2. The first kappa shape index (κ1) is 18.0. The molecule has 1 aliphatic rings. The summed E-state index contributed by atoms with van der Waals surface area (Å²) in [6, 6.07) is 10.5. The maximum absolute atomic E-state index is 6.63. The smallest absolute Gasteiger partial charge is 0.0935 e. The Labute approximate surface area is 141 Å². The van der Waals surface area contributed by atoms with Gasteiger partial charge in [-0.1, -0.05) is 84.0 Å². The van der Waals surface area contributed by atoms with E-state index in [1.807, 2.05) is 12.1 Å². The van der Waals surface area contributed by atoms with E-state index in [-0.39, 0.29) is 16.2 Å². The molecule has 0 saturated carbocycles. The molecule has 0 bridgehead atoms. The highest BCUT2D eigenvalue weighted by Gasteiger charge is 2.59. The highest BCUT2D eigenvalue weighted by Crippen LogP contribution is 2.58. The molecule has 1 aromatic rings.